The van der Waals surface area contributed by atoms with E-state index in [-0.39, 0.29) is 18.4 Å². The van der Waals surface area contributed by atoms with Crippen molar-refractivity contribution in [2.45, 2.75) is 6.92 Å². The van der Waals surface area contributed by atoms with Crippen LogP contribution in [0.2, 0.25) is 5.02 Å². The van der Waals surface area contributed by atoms with Gasteiger partial charge >= 0.3 is 0 Å². The van der Waals surface area contributed by atoms with Gasteiger partial charge in [-0.3, -0.25) is 13.9 Å². The van der Waals surface area contributed by atoms with Crippen molar-refractivity contribution in [3.8, 4) is 0 Å². The van der Waals surface area contributed by atoms with Gasteiger partial charge in [-0.15, -0.1) is 0 Å². The lowest BCUT2D eigenvalue weighted by molar-refractivity contribution is -0.137. The highest BCUT2D eigenvalue weighted by Gasteiger charge is 2.27. The van der Waals surface area contributed by atoms with E-state index in [1.165, 1.54) is 13.0 Å². The maximum atomic E-state index is 12.5. The van der Waals surface area contributed by atoms with Crippen molar-refractivity contribution in [2.75, 3.05) is 43.3 Å². The topological polar surface area (TPSA) is 78.0 Å². The van der Waals surface area contributed by atoms with Gasteiger partial charge in [0.05, 0.1) is 11.9 Å². The molecule has 0 saturated carbocycles. The van der Waals surface area contributed by atoms with Gasteiger partial charge in [0.2, 0.25) is 21.8 Å². The second-order valence-electron chi connectivity index (χ2n) is 5.64. The minimum Gasteiger partial charge on any atom is -0.339 e. The van der Waals surface area contributed by atoms with Crippen molar-refractivity contribution in [1.82, 2.24) is 9.80 Å². The third-order valence-electron chi connectivity index (χ3n) is 3.85. The SMILES string of the molecule is CC(=O)N1CCN(C(=O)CN(c2cccc(Cl)c2)S(C)(=O)=O)CC1. The highest BCUT2D eigenvalue weighted by molar-refractivity contribution is 7.92. The van der Waals surface area contributed by atoms with Crippen molar-refractivity contribution in [1.29, 1.82) is 0 Å². The average Bonchev–Trinajstić information content (AvgIpc) is 2.51. The molecule has 1 heterocycles. The first-order valence-electron chi connectivity index (χ1n) is 7.45. The van der Waals surface area contributed by atoms with E-state index in [0.717, 1.165) is 10.6 Å². The molecule has 7 nitrogen and oxygen atoms in total. The molecule has 1 fully saturated rings. The smallest absolute Gasteiger partial charge is 0.243 e. The molecular weight excluding hydrogens is 354 g/mol. The maximum Gasteiger partial charge on any atom is 0.243 e. The van der Waals surface area contributed by atoms with Crippen molar-refractivity contribution < 1.29 is 18.0 Å². The molecule has 2 rings (SSSR count). The Bertz CT molecular complexity index is 730. The van der Waals surface area contributed by atoms with E-state index in [2.05, 4.69) is 0 Å². The Morgan fingerprint density at radius 3 is 2.25 bits per heavy atom. The first-order valence-corrected chi connectivity index (χ1v) is 9.67. The third kappa shape index (κ3) is 4.61. The first kappa shape index (κ1) is 18.5. The van der Waals surface area contributed by atoms with Crippen LogP contribution in [0.4, 0.5) is 5.69 Å². The summed E-state index contributed by atoms with van der Waals surface area (Å²) >= 11 is 5.92. The van der Waals surface area contributed by atoms with Gasteiger partial charge in [0.15, 0.2) is 0 Å². The zero-order chi connectivity index (χ0) is 17.9. The van der Waals surface area contributed by atoms with Crippen LogP contribution >= 0.6 is 11.6 Å². The number of piperazine rings is 1. The second-order valence-corrected chi connectivity index (χ2v) is 7.98. The number of hydrogen-bond donors (Lipinski definition) is 0. The molecule has 1 aromatic rings. The Morgan fingerprint density at radius 1 is 1.17 bits per heavy atom. The van der Waals surface area contributed by atoms with Crippen LogP contribution < -0.4 is 4.31 Å². The molecule has 132 valence electrons. The largest absolute Gasteiger partial charge is 0.339 e. The van der Waals surface area contributed by atoms with Gasteiger partial charge in [-0.1, -0.05) is 17.7 Å². The molecule has 1 saturated heterocycles. The Hall–Kier alpha value is -1.80. The van der Waals surface area contributed by atoms with Gasteiger partial charge in [-0.2, -0.15) is 0 Å². The number of hydrogen-bond acceptors (Lipinski definition) is 4. The summed E-state index contributed by atoms with van der Waals surface area (Å²) in [5.74, 6) is -0.331. The van der Waals surface area contributed by atoms with Gasteiger partial charge in [-0.05, 0) is 18.2 Å². The Labute approximate surface area is 146 Å². The highest BCUT2D eigenvalue weighted by Crippen LogP contribution is 2.22. The average molecular weight is 374 g/mol. The van der Waals surface area contributed by atoms with Crippen molar-refractivity contribution in [3.05, 3.63) is 29.3 Å². The summed E-state index contributed by atoms with van der Waals surface area (Å²) < 4.78 is 25.2. The van der Waals surface area contributed by atoms with E-state index in [1.54, 1.807) is 28.0 Å². The lowest BCUT2D eigenvalue weighted by atomic mass is 10.3. The van der Waals surface area contributed by atoms with E-state index in [4.69, 9.17) is 11.6 Å². The van der Waals surface area contributed by atoms with E-state index < -0.39 is 10.0 Å². The summed E-state index contributed by atoms with van der Waals surface area (Å²) in [6, 6.07) is 6.36. The summed E-state index contributed by atoms with van der Waals surface area (Å²) in [6.07, 6.45) is 1.05. The number of sulfonamides is 1. The number of benzene rings is 1. The quantitative estimate of drug-likeness (QED) is 0.782. The Balaban J connectivity index is 2.11. The van der Waals surface area contributed by atoms with Crippen LogP contribution in [0, 0.1) is 0 Å². The number of rotatable bonds is 4. The van der Waals surface area contributed by atoms with Crippen LogP contribution in [0.3, 0.4) is 0 Å². The summed E-state index contributed by atoms with van der Waals surface area (Å²) in [5, 5.41) is 0.392. The normalized spacial score (nSPS) is 15.3. The van der Waals surface area contributed by atoms with Crippen LogP contribution in [0.1, 0.15) is 6.92 Å². The molecule has 0 atom stereocenters. The minimum atomic E-state index is -3.63. The molecule has 1 aliphatic heterocycles. The zero-order valence-electron chi connectivity index (χ0n) is 13.6. The van der Waals surface area contributed by atoms with Gasteiger partial charge < -0.3 is 9.80 Å². The predicted octanol–water partition coefficient (Wildman–Crippen LogP) is 0.797. The van der Waals surface area contributed by atoms with E-state index in [1.807, 2.05) is 0 Å². The monoisotopic (exact) mass is 373 g/mol. The van der Waals surface area contributed by atoms with Crippen molar-refractivity contribution >= 4 is 39.1 Å². The van der Waals surface area contributed by atoms with E-state index in [9.17, 15) is 18.0 Å². The first-order chi connectivity index (χ1) is 11.2. The maximum absolute atomic E-state index is 12.5. The van der Waals surface area contributed by atoms with Crippen LogP contribution in [0.25, 0.3) is 0 Å². The lowest BCUT2D eigenvalue weighted by Crippen LogP contribution is -2.52. The molecular formula is C15H20ClN3O4S. The fourth-order valence-corrected chi connectivity index (χ4v) is 3.55. The van der Waals surface area contributed by atoms with Crippen LogP contribution in [-0.2, 0) is 19.6 Å². The number of amides is 2. The lowest BCUT2D eigenvalue weighted by Gasteiger charge is -2.35. The number of halogens is 1. The molecule has 0 aliphatic carbocycles. The predicted molar refractivity (Wildman–Crippen MR) is 92.5 cm³/mol. The summed E-state index contributed by atoms with van der Waals surface area (Å²) in [4.78, 5) is 27.0. The summed E-state index contributed by atoms with van der Waals surface area (Å²) in [5.41, 5.74) is 0.348. The Morgan fingerprint density at radius 2 is 1.75 bits per heavy atom. The van der Waals surface area contributed by atoms with Crippen molar-refractivity contribution in [2.24, 2.45) is 0 Å². The fourth-order valence-electron chi connectivity index (χ4n) is 2.52. The third-order valence-corrected chi connectivity index (χ3v) is 5.23. The van der Waals surface area contributed by atoms with E-state index in [0.29, 0.717) is 36.9 Å². The van der Waals surface area contributed by atoms with Crippen LogP contribution in [-0.4, -0.2) is 69.0 Å². The number of carbonyl (C=O) groups excluding carboxylic acids is 2. The molecule has 0 N–H and O–H groups in total. The van der Waals surface area contributed by atoms with Crippen LogP contribution in [0.15, 0.2) is 24.3 Å². The van der Waals surface area contributed by atoms with E-state index >= 15 is 0 Å². The number of anilines is 1. The van der Waals surface area contributed by atoms with Gasteiger partial charge in [0.25, 0.3) is 0 Å². The number of nitrogens with zero attached hydrogens (tertiary/aromatic N) is 3. The van der Waals surface area contributed by atoms with Crippen LogP contribution in [0.5, 0.6) is 0 Å². The summed E-state index contributed by atoms with van der Waals surface area (Å²) in [7, 11) is -3.63. The standard InChI is InChI=1S/C15H20ClN3O4S/c1-12(20)17-6-8-18(9-7-17)15(21)11-19(24(2,22)23)14-5-3-4-13(16)10-14/h3-5,10H,6-9,11H2,1-2H3. The molecule has 1 aliphatic rings. The molecule has 1 aromatic carbocycles. The Kier molecular flexibility index (Phi) is 5.71. The summed E-state index contributed by atoms with van der Waals surface area (Å²) in [6.45, 7) is 2.90. The fraction of sp³-hybridized carbons (Fsp3) is 0.467. The highest BCUT2D eigenvalue weighted by atomic mass is 35.5. The molecule has 9 heteroatoms. The molecule has 24 heavy (non-hydrogen) atoms. The zero-order valence-corrected chi connectivity index (χ0v) is 15.2. The van der Waals surface area contributed by atoms with Crippen molar-refractivity contribution in [3.63, 3.8) is 0 Å². The molecule has 2 amide bonds. The van der Waals surface area contributed by atoms with Gasteiger partial charge in [0, 0.05) is 38.1 Å². The molecule has 0 radical (unpaired) electrons. The minimum absolute atomic E-state index is 0.0289. The molecule has 0 unspecified atom stereocenters. The second kappa shape index (κ2) is 7.40. The molecule has 0 spiro atoms. The van der Waals surface area contributed by atoms with Gasteiger partial charge in [-0.25, -0.2) is 8.42 Å². The molecule has 0 aromatic heterocycles. The number of carbonyl (C=O) groups is 2. The molecule has 0 bridgehead atoms. The van der Waals surface area contributed by atoms with Gasteiger partial charge in [0.1, 0.15) is 6.54 Å².